The van der Waals surface area contributed by atoms with Gasteiger partial charge in [0.15, 0.2) is 4.80 Å². The number of rotatable bonds is 5. The smallest absolute Gasteiger partial charge is 0.326 e. The molecule has 140 valence electrons. The maximum Gasteiger partial charge on any atom is 0.326 e. The second-order valence-electron chi connectivity index (χ2n) is 5.84. The summed E-state index contributed by atoms with van der Waals surface area (Å²) in [4.78, 5) is 29.4. The van der Waals surface area contributed by atoms with E-state index in [0.29, 0.717) is 22.7 Å². The lowest BCUT2D eigenvalue weighted by atomic mass is 10.2. The van der Waals surface area contributed by atoms with Gasteiger partial charge in [-0.2, -0.15) is 4.99 Å². The summed E-state index contributed by atoms with van der Waals surface area (Å²) in [6.07, 6.45) is 0. The number of benzene rings is 2. The molecular formula is C20H20N2O4S. The molecule has 0 aliphatic heterocycles. The van der Waals surface area contributed by atoms with Gasteiger partial charge in [0.1, 0.15) is 12.3 Å². The third-order valence-corrected chi connectivity index (χ3v) is 5.07. The van der Waals surface area contributed by atoms with Crippen LogP contribution in [-0.4, -0.2) is 30.2 Å². The van der Waals surface area contributed by atoms with Gasteiger partial charge in [-0.25, -0.2) is 0 Å². The number of esters is 1. The minimum atomic E-state index is -0.375. The van der Waals surface area contributed by atoms with Crippen molar-refractivity contribution in [3.8, 4) is 5.75 Å². The van der Waals surface area contributed by atoms with Crippen LogP contribution in [-0.2, 0) is 16.1 Å². The lowest BCUT2D eigenvalue weighted by Crippen LogP contribution is -2.23. The van der Waals surface area contributed by atoms with Crippen molar-refractivity contribution in [1.82, 2.24) is 4.57 Å². The molecule has 0 bridgehead atoms. The second-order valence-corrected chi connectivity index (χ2v) is 6.85. The summed E-state index contributed by atoms with van der Waals surface area (Å²) in [5, 5.41) is 0. The Morgan fingerprint density at radius 1 is 1.15 bits per heavy atom. The maximum atomic E-state index is 12.6. The van der Waals surface area contributed by atoms with E-state index in [1.54, 1.807) is 42.9 Å². The van der Waals surface area contributed by atoms with Gasteiger partial charge in [-0.3, -0.25) is 9.59 Å². The fraction of sp³-hybridized carbons (Fsp3) is 0.250. The molecule has 0 aliphatic carbocycles. The number of nitrogens with zero attached hydrogens (tertiary/aromatic N) is 2. The zero-order chi connectivity index (χ0) is 19.4. The van der Waals surface area contributed by atoms with Crippen molar-refractivity contribution in [2.45, 2.75) is 20.4 Å². The fourth-order valence-electron chi connectivity index (χ4n) is 2.76. The van der Waals surface area contributed by atoms with Crippen molar-refractivity contribution in [2.24, 2.45) is 4.99 Å². The number of aryl methyl sites for hydroxylation is 1. The number of ether oxygens (including phenoxy) is 2. The average molecular weight is 384 g/mol. The minimum absolute atomic E-state index is 0.00736. The van der Waals surface area contributed by atoms with Crippen LogP contribution in [0.3, 0.4) is 0 Å². The summed E-state index contributed by atoms with van der Waals surface area (Å²) in [5.74, 6) is -0.0697. The van der Waals surface area contributed by atoms with Crippen molar-refractivity contribution in [3.05, 3.63) is 58.4 Å². The molecular weight excluding hydrogens is 364 g/mol. The number of methoxy groups -OCH3 is 1. The van der Waals surface area contributed by atoms with E-state index < -0.39 is 0 Å². The van der Waals surface area contributed by atoms with Gasteiger partial charge in [-0.05, 0) is 49.7 Å². The number of amides is 1. The first-order valence-electron chi connectivity index (χ1n) is 8.51. The lowest BCUT2D eigenvalue weighted by molar-refractivity contribution is -0.143. The number of hydrogen-bond donors (Lipinski definition) is 0. The molecule has 0 N–H and O–H groups in total. The fourth-order valence-corrected chi connectivity index (χ4v) is 3.87. The van der Waals surface area contributed by atoms with Crippen molar-refractivity contribution < 1.29 is 19.1 Å². The molecule has 0 saturated carbocycles. The third kappa shape index (κ3) is 4.09. The Morgan fingerprint density at radius 2 is 1.89 bits per heavy atom. The molecule has 0 atom stereocenters. The Balaban J connectivity index is 2.08. The summed E-state index contributed by atoms with van der Waals surface area (Å²) in [6, 6.07) is 12.6. The minimum Gasteiger partial charge on any atom is -0.497 e. The van der Waals surface area contributed by atoms with Crippen LogP contribution in [0.15, 0.2) is 47.5 Å². The Hall–Kier alpha value is -2.93. The van der Waals surface area contributed by atoms with Crippen LogP contribution in [0, 0.1) is 6.92 Å². The predicted molar refractivity (Wildman–Crippen MR) is 104 cm³/mol. The Bertz CT molecular complexity index is 1050. The highest BCUT2D eigenvalue weighted by molar-refractivity contribution is 7.16. The number of thiazole rings is 1. The summed E-state index contributed by atoms with van der Waals surface area (Å²) >= 11 is 1.37. The van der Waals surface area contributed by atoms with Gasteiger partial charge in [0.2, 0.25) is 0 Å². The number of carbonyl (C=O) groups is 2. The largest absolute Gasteiger partial charge is 0.497 e. The molecule has 1 amide bonds. The van der Waals surface area contributed by atoms with Crippen LogP contribution >= 0.6 is 11.3 Å². The third-order valence-electron chi connectivity index (χ3n) is 4.03. The molecule has 3 rings (SSSR count). The average Bonchev–Trinajstić information content (AvgIpc) is 3.00. The normalized spacial score (nSPS) is 11.6. The van der Waals surface area contributed by atoms with E-state index in [1.165, 1.54) is 11.3 Å². The van der Waals surface area contributed by atoms with Crippen LogP contribution in [0.5, 0.6) is 5.75 Å². The van der Waals surface area contributed by atoms with Crippen molar-refractivity contribution in [3.63, 3.8) is 0 Å². The molecule has 7 heteroatoms. The standard InChI is InChI=1S/C20H20N2O4S/c1-4-26-17(23)12-22-18-13(2)6-5-7-16(18)27-20(22)21-19(24)14-8-10-15(25-3)11-9-14/h5-11H,4,12H2,1-3H3. The molecule has 3 aromatic rings. The summed E-state index contributed by atoms with van der Waals surface area (Å²) < 4.78 is 12.9. The highest BCUT2D eigenvalue weighted by Gasteiger charge is 2.14. The second kappa shape index (κ2) is 8.18. The van der Waals surface area contributed by atoms with Gasteiger partial charge in [-0.1, -0.05) is 23.5 Å². The van der Waals surface area contributed by atoms with E-state index >= 15 is 0 Å². The molecule has 6 nitrogen and oxygen atoms in total. The molecule has 0 aliphatic rings. The van der Waals surface area contributed by atoms with Crippen LogP contribution in [0.4, 0.5) is 0 Å². The maximum absolute atomic E-state index is 12.6. The molecule has 0 saturated heterocycles. The SMILES string of the molecule is CCOC(=O)Cn1c(=NC(=O)c2ccc(OC)cc2)sc2cccc(C)c21. The molecule has 0 fully saturated rings. The van der Waals surface area contributed by atoms with Gasteiger partial charge < -0.3 is 14.0 Å². The number of aromatic nitrogens is 1. The van der Waals surface area contributed by atoms with E-state index in [2.05, 4.69) is 4.99 Å². The number of carbonyl (C=O) groups excluding carboxylic acids is 2. The predicted octanol–water partition coefficient (Wildman–Crippen LogP) is 3.32. The van der Waals surface area contributed by atoms with Gasteiger partial charge in [0.25, 0.3) is 5.91 Å². The quantitative estimate of drug-likeness (QED) is 0.633. The molecule has 0 radical (unpaired) electrons. The molecule has 0 unspecified atom stereocenters. The first-order valence-corrected chi connectivity index (χ1v) is 9.32. The molecule has 0 spiro atoms. The summed E-state index contributed by atoms with van der Waals surface area (Å²) in [6.45, 7) is 4.04. The van der Waals surface area contributed by atoms with Crippen LogP contribution in [0.2, 0.25) is 0 Å². The van der Waals surface area contributed by atoms with Crippen molar-refractivity contribution in [1.29, 1.82) is 0 Å². The Kier molecular flexibility index (Phi) is 5.71. The zero-order valence-corrected chi connectivity index (χ0v) is 16.2. The Labute approximate surface area is 160 Å². The van der Waals surface area contributed by atoms with Gasteiger partial charge >= 0.3 is 5.97 Å². The van der Waals surface area contributed by atoms with E-state index in [0.717, 1.165) is 15.8 Å². The number of fused-ring (bicyclic) bond motifs is 1. The topological polar surface area (TPSA) is 69.9 Å². The van der Waals surface area contributed by atoms with Crippen molar-refractivity contribution in [2.75, 3.05) is 13.7 Å². The lowest BCUT2D eigenvalue weighted by Gasteiger charge is -2.06. The highest BCUT2D eigenvalue weighted by atomic mass is 32.1. The monoisotopic (exact) mass is 384 g/mol. The first kappa shape index (κ1) is 18.8. The summed E-state index contributed by atoms with van der Waals surface area (Å²) in [7, 11) is 1.57. The molecule has 2 aromatic carbocycles. The summed E-state index contributed by atoms with van der Waals surface area (Å²) in [5.41, 5.74) is 2.34. The van der Waals surface area contributed by atoms with Gasteiger partial charge in [0.05, 0.1) is 23.9 Å². The zero-order valence-electron chi connectivity index (χ0n) is 15.4. The molecule has 1 aromatic heterocycles. The number of hydrogen-bond acceptors (Lipinski definition) is 5. The van der Waals surface area contributed by atoms with Crippen LogP contribution in [0.25, 0.3) is 10.2 Å². The van der Waals surface area contributed by atoms with E-state index in [9.17, 15) is 9.59 Å². The van der Waals surface area contributed by atoms with E-state index in [1.807, 2.05) is 25.1 Å². The first-order chi connectivity index (χ1) is 13.0. The molecule has 1 heterocycles. The van der Waals surface area contributed by atoms with E-state index in [-0.39, 0.29) is 18.4 Å². The van der Waals surface area contributed by atoms with Gasteiger partial charge in [-0.15, -0.1) is 0 Å². The number of para-hydroxylation sites is 1. The van der Waals surface area contributed by atoms with Crippen LogP contribution in [0.1, 0.15) is 22.8 Å². The van der Waals surface area contributed by atoms with Crippen molar-refractivity contribution >= 4 is 33.4 Å². The molecule has 27 heavy (non-hydrogen) atoms. The highest BCUT2D eigenvalue weighted by Crippen LogP contribution is 2.21. The van der Waals surface area contributed by atoms with Gasteiger partial charge in [0, 0.05) is 5.56 Å². The van der Waals surface area contributed by atoms with E-state index in [4.69, 9.17) is 9.47 Å². The Morgan fingerprint density at radius 3 is 2.56 bits per heavy atom. The van der Waals surface area contributed by atoms with Crippen LogP contribution < -0.4 is 9.54 Å².